The molecule has 3 heterocycles. The highest BCUT2D eigenvalue weighted by Gasteiger charge is 2.15. The van der Waals surface area contributed by atoms with Gasteiger partial charge in [-0.25, -0.2) is 9.97 Å². The largest absolute Gasteiger partial charge is 0.356 e. The van der Waals surface area contributed by atoms with Crippen molar-refractivity contribution in [1.82, 2.24) is 15.3 Å². The normalized spacial score (nSPS) is 15.0. The quantitative estimate of drug-likeness (QED) is 0.848. The van der Waals surface area contributed by atoms with Crippen LogP contribution in [0.3, 0.4) is 0 Å². The van der Waals surface area contributed by atoms with Crippen LogP contribution in [0.1, 0.15) is 35.5 Å². The number of hydrogen-bond acceptors (Lipinski definition) is 5. The number of pyridine rings is 1. The fraction of sp³-hybridized carbons (Fsp3) is 0.389. The van der Waals surface area contributed by atoms with Gasteiger partial charge < -0.3 is 10.2 Å². The maximum atomic E-state index is 12.0. The van der Waals surface area contributed by atoms with Gasteiger partial charge in [0.2, 0.25) is 5.91 Å². The van der Waals surface area contributed by atoms with Crippen molar-refractivity contribution in [2.24, 2.45) is 0 Å². The number of amides is 1. The summed E-state index contributed by atoms with van der Waals surface area (Å²) in [5, 5.41) is 5.87. The highest BCUT2D eigenvalue weighted by molar-refractivity contribution is 7.09. The Morgan fingerprint density at radius 3 is 2.96 bits per heavy atom. The van der Waals surface area contributed by atoms with E-state index in [1.54, 1.807) is 17.4 Å². The van der Waals surface area contributed by atoms with E-state index in [9.17, 15) is 4.79 Å². The SMILES string of the molecule is Cc1nc(C=CC(=O)NCc2cccnc2N2CCCCC2)cs1. The summed E-state index contributed by atoms with van der Waals surface area (Å²) < 4.78 is 0. The van der Waals surface area contributed by atoms with Gasteiger partial charge in [0.25, 0.3) is 0 Å². The number of hydrogen-bond donors (Lipinski definition) is 1. The average molecular weight is 342 g/mol. The molecule has 0 saturated carbocycles. The van der Waals surface area contributed by atoms with Crippen LogP contribution in [0.2, 0.25) is 0 Å². The van der Waals surface area contributed by atoms with Crippen molar-refractivity contribution in [2.75, 3.05) is 18.0 Å². The van der Waals surface area contributed by atoms with Crippen molar-refractivity contribution < 1.29 is 4.79 Å². The predicted molar refractivity (Wildman–Crippen MR) is 98.0 cm³/mol. The third-order valence-electron chi connectivity index (χ3n) is 4.02. The van der Waals surface area contributed by atoms with E-state index in [0.717, 1.165) is 35.2 Å². The topological polar surface area (TPSA) is 58.1 Å². The smallest absolute Gasteiger partial charge is 0.244 e. The van der Waals surface area contributed by atoms with E-state index in [-0.39, 0.29) is 5.91 Å². The molecule has 0 aliphatic carbocycles. The summed E-state index contributed by atoms with van der Waals surface area (Å²) in [4.78, 5) is 23.2. The number of piperidine rings is 1. The molecule has 1 fully saturated rings. The van der Waals surface area contributed by atoms with Gasteiger partial charge in [0.1, 0.15) is 5.82 Å². The highest BCUT2D eigenvalue weighted by atomic mass is 32.1. The summed E-state index contributed by atoms with van der Waals surface area (Å²) in [5.41, 5.74) is 1.88. The Labute approximate surface area is 146 Å². The molecule has 0 aromatic carbocycles. The first kappa shape index (κ1) is 16.6. The predicted octanol–water partition coefficient (Wildman–Crippen LogP) is 3.17. The second kappa shape index (κ2) is 8.06. The van der Waals surface area contributed by atoms with Crippen molar-refractivity contribution in [3.05, 3.63) is 46.1 Å². The highest BCUT2D eigenvalue weighted by Crippen LogP contribution is 2.21. The molecule has 0 radical (unpaired) electrons. The lowest BCUT2D eigenvalue weighted by Gasteiger charge is -2.29. The third kappa shape index (κ3) is 4.41. The maximum Gasteiger partial charge on any atom is 0.244 e. The maximum absolute atomic E-state index is 12.0. The molecule has 6 heteroatoms. The minimum absolute atomic E-state index is 0.117. The van der Waals surface area contributed by atoms with E-state index in [2.05, 4.69) is 20.2 Å². The minimum atomic E-state index is -0.117. The van der Waals surface area contributed by atoms with Gasteiger partial charge in [0, 0.05) is 42.9 Å². The molecule has 1 saturated heterocycles. The van der Waals surface area contributed by atoms with Crippen molar-refractivity contribution >= 4 is 29.1 Å². The van der Waals surface area contributed by atoms with Gasteiger partial charge in [-0.3, -0.25) is 4.79 Å². The van der Waals surface area contributed by atoms with Crippen LogP contribution in [0.5, 0.6) is 0 Å². The van der Waals surface area contributed by atoms with Crippen LogP contribution in [0.15, 0.2) is 29.8 Å². The number of nitrogens with zero attached hydrogens (tertiary/aromatic N) is 3. The fourth-order valence-electron chi connectivity index (χ4n) is 2.82. The molecule has 0 atom stereocenters. The fourth-order valence-corrected chi connectivity index (χ4v) is 3.40. The molecular weight excluding hydrogens is 320 g/mol. The van der Waals surface area contributed by atoms with Gasteiger partial charge >= 0.3 is 0 Å². The van der Waals surface area contributed by atoms with Crippen LogP contribution < -0.4 is 10.2 Å². The third-order valence-corrected chi connectivity index (χ3v) is 4.81. The molecule has 5 nitrogen and oxygen atoms in total. The molecule has 0 spiro atoms. The first-order valence-electron chi connectivity index (χ1n) is 8.29. The summed E-state index contributed by atoms with van der Waals surface area (Å²) >= 11 is 1.58. The van der Waals surface area contributed by atoms with Gasteiger partial charge in [-0.05, 0) is 38.3 Å². The standard InChI is InChI=1S/C18H22N4OS/c1-14-21-16(13-24-14)7-8-17(23)20-12-15-6-5-9-19-18(15)22-10-3-2-4-11-22/h5-9,13H,2-4,10-12H2,1H3,(H,20,23). The molecule has 1 N–H and O–H groups in total. The van der Waals surface area contributed by atoms with E-state index in [4.69, 9.17) is 0 Å². The van der Waals surface area contributed by atoms with E-state index in [1.807, 2.05) is 30.6 Å². The Kier molecular flexibility index (Phi) is 5.59. The van der Waals surface area contributed by atoms with Crippen molar-refractivity contribution in [2.45, 2.75) is 32.7 Å². The molecule has 0 unspecified atom stereocenters. The Morgan fingerprint density at radius 1 is 1.38 bits per heavy atom. The molecule has 1 amide bonds. The Hall–Kier alpha value is -2.21. The Bertz CT molecular complexity index is 719. The van der Waals surface area contributed by atoms with E-state index >= 15 is 0 Å². The minimum Gasteiger partial charge on any atom is -0.356 e. The van der Waals surface area contributed by atoms with Crippen LogP contribution in [-0.2, 0) is 11.3 Å². The molecule has 0 bridgehead atoms. The summed E-state index contributed by atoms with van der Waals surface area (Å²) in [5.74, 6) is 0.880. The molecule has 2 aromatic rings. The lowest BCUT2D eigenvalue weighted by atomic mass is 10.1. The number of carbonyl (C=O) groups is 1. The number of aryl methyl sites for hydroxylation is 1. The zero-order chi connectivity index (χ0) is 16.8. The van der Waals surface area contributed by atoms with Crippen molar-refractivity contribution in [3.63, 3.8) is 0 Å². The Balaban J connectivity index is 1.60. The lowest BCUT2D eigenvalue weighted by Crippen LogP contribution is -2.32. The lowest BCUT2D eigenvalue weighted by molar-refractivity contribution is -0.116. The monoisotopic (exact) mass is 342 g/mol. The Morgan fingerprint density at radius 2 is 2.21 bits per heavy atom. The summed E-state index contributed by atoms with van der Waals surface area (Å²) in [7, 11) is 0. The zero-order valence-corrected chi connectivity index (χ0v) is 14.7. The van der Waals surface area contributed by atoms with Crippen molar-refractivity contribution in [1.29, 1.82) is 0 Å². The second-order valence-electron chi connectivity index (χ2n) is 5.88. The summed E-state index contributed by atoms with van der Waals surface area (Å²) in [6.45, 7) is 4.52. The zero-order valence-electron chi connectivity index (χ0n) is 13.9. The van der Waals surface area contributed by atoms with E-state index in [1.165, 1.54) is 25.3 Å². The number of nitrogens with one attached hydrogen (secondary N) is 1. The first-order valence-corrected chi connectivity index (χ1v) is 9.17. The van der Waals surface area contributed by atoms with Gasteiger partial charge in [-0.2, -0.15) is 0 Å². The molecule has 2 aromatic heterocycles. The van der Waals surface area contributed by atoms with E-state index < -0.39 is 0 Å². The van der Waals surface area contributed by atoms with E-state index in [0.29, 0.717) is 6.54 Å². The molecular formula is C18H22N4OS. The van der Waals surface area contributed by atoms with Crippen molar-refractivity contribution in [3.8, 4) is 0 Å². The first-order chi connectivity index (χ1) is 11.7. The van der Waals surface area contributed by atoms with Gasteiger partial charge in [0.15, 0.2) is 0 Å². The molecule has 126 valence electrons. The molecule has 1 aliphatic heterocycles. The number of thiazole rings is 1. The number of aromatic nitrogens is 2. The second-order valence-corrected chi connectivity index (χ2v) is 6.94. The van der Waals surface area contributed by atoms with Crippen LogP contribution in [0.25, 0.3) is 6.08 Å². The van der Waals surface area contributed by atoms with Crippen LogP contribution in [0.4, 0.5) is 5.82 Å². The summed E-state index contributed by atoms with van der Waals surface area (Å²) in [6, 6.07) is 3.95. The van der Waals surface area contributed by atoms with Gasteiger partial charge in [0.05, 0.1) is 10.7 Å². The van der Waals surface area contributed by atoms with Gasteiger partial charge in [-0.1, -0.05) is 6.07 Å². The average Bonchev–Trinajstić information content (AvgIpc) is 3.04. The number of carbonyl (C=O) groups excluding carboxylic acids is 1. The van der Waals surface area contributed by atoms with Crippen LogP contribution in [-0.4, -0.2) is 29.0 Å². The van der Waals surface area contributed by atoms with Crippen LogP contribution >= 0.6 is 11.3 Å². The number of anilines is 1. The van der Waals surface area contributed by atoms with Crippen LogP contribution in [0, 0.1) is 6.92 Å². The number of rotatable bonds is 5. The van der Waals surface area contributed by atoms with Gasteiger partial charge in [-0.15, -0.1) is 11.3 Å². The molecule has 3 rings (SSSR count). The summed E-state index contributed by atoms with van der Waals surface area (Å²) in [6.07, 6.45) is 8.80. The molecule has 1 aliphatic rings. The molecule has 24 heavy (non-hydrogen) atoms.